The van der Waals surface area contributed by atoms with Gasteiger partial charge in [-0.25, -0.2) is 4.99 Å². The Kier molecular flexibility index (Phi) is 5.48. The Morgan fingerprint density at radius 2 is 2.07 bits per heavy atom. The Balaban J connectivity index is 1.73. The van der Waals surface area contributed by atoms with Gasteiger partial charge < -0.3 is 24.3 Å². The smallest absolute Gasteiger partial charge is 0.256 e. The van der Waals surface area contributed by atoms with Crippen LogP contribution in [0.4, 0.5) is 5.69 Å². The number of benzene rings is 2. The summed E-state index contributed by atoms with van der Waals surface area (Å²) in [5.74, 6) is 0.498. The predicted octanol–water partition coefficient (Wildman–Crippen LogP) is 3.29. The highest BCUT2D eigenvalue weighted by Gasteiger charge is 2.18. The van der Waals surface area contributed by atoms with Gasteiger partial charge in [0.05, 0.1) is 18.9 Å². The lowest BCUT2D eigenvalue weighted by Crippen LogP contribution is -2.34. The van der Waals surface area contributed by atoms with Crippen LogP contribution in [0.1, 0.15) is 23.2 Å². The minimum atomic E-state index is -0.286. The van der Waals surface area contributed by atoms with E-state index in [1.807, 2.05) is 0 Å². The second-order valence-corrected chi connectivity index (χ2v) is 6.84. The molecule has 1 aromatic heterocycles. The fourth-order valence-corrected chi connectivity index (χ4v) is 3.23. The van der Waals surface area contributed by atoms with Crippen LogP contribution in [0.2, 0.25) is 0 Å². The molecule has 2 heterocycles. The topological polar surface area (TPSA) is 93.3 Å². The molecule has 0 bridgehead atoms. The number of rotatable bonds is 5. The molecule has 1 amide bonds. The maximum atomic E-state index is 12.9. The third-order valence-electron chi connectivity index (χ3n) is 4.80. The maximum Gasteiger partial charge on any atom is 0.256 e. The number of nitrogens with one attached hydrogen (secondary N) is 1. The Morgan fingerprint density at radius 1 is 1.24 bits per heavy atom. The summed E-state index contributed by atoms with van der Waals surface area (Å²) in [4.78, 5) is 17.4. The Hall–Kier alpha value is -3.32. The van der Waals surface area contributed by atoms with Gasteiger partial charge in [-0.15, -0.1) is 0 Å². The van der Waals surface area contributed by atoms with Gasteiger partial charge >= 0.3 is 0 Å². The van der Waals surface area contributed by atoms with Crippen LogP contribution in [0.15, 0.2) is 57.9 Å². The first-order chi connectivity index (χ1) is 14.1. The molecule has 0 radical (unpaired) electrons. The lowest BCUT2D eigenvalue weighted by atomic mass is 10.1. The van der Waals surface area contributed by atoms with E-state index in [2.05, 4.69) is 10.3 Å². The Labute approximate surface area is 167 Å². The van der Waals surface area contributed by atoms with Crippen molar-refractivity contribution in [3.8, 4) is 11.5 Å². The van der Waals surface area contributed by atoms with Crippen LogP contribution in [0, 0.1) is 0 Å². The van der Waals surface area contributed by atoms with Crippen molar-refractivity contribution in [2.45, 2.75) is 18.9 Å². The van der Waals surface area contributed by atoms with E-state index in [1.54, 1.807) is 49.6 Å². The highest BCUT2D eigenvalue weighted by molar-refractivity contribution is 5.96. The summed E-state index contributed by atoms with van der Waals surface area (Å²) in [5.41, 5.74) is 1.53. The normalized spacial score (nSPS) is 16.9. The fraction of sp³-hybridized carbons (Fsp3) is 0.273. The van der Waals surface area contributed by atoms with E-state index >= 15 is 0 Å². The van der Waals surface area contributed by atoms with Gasteiger partial charge in [0.25, 0.3) is 5.91 Å². The van der Waals surface area contributed by atoms with Gasteiger partial charge in [-0.3, -0.25) is 4.79 Å². The van der Waals surface area contributed by atoms with Crippen molar-refractivity contribution in [3.63, 3.8) is 0 Å². The molecule has 3 aromatic rings. The molecule has 150 valence electrons. The molecule has 1 aliphatic rings. The molecule has 2 N–H and O–H groups in total. The van der Waals surface area contributed by atoms with Crippen molar-refractivity contribution >= 4 is 22.6 Å². The first-order valence-electron chi connectivity index (χ1n) is 9.48. The highest BCUT2D eigenvalue weighted by atomic mass is 16.5. The zero-order chi connectivity index (χ0) is 20.2. The number of aromatic hydroxyl groups is 1. The SMILES string of the molecule is COc1ccc(N=c2oc3cc(O)ccc3cc2C(=O)NCC2CCCO2)cc1. The summed E-state index contributed by atoms with van der Waals surface area (Å²) < 4.78 is 16.6. The van der Waals surface area contributed by atoms with Crippen LogP contribution in [-0.4, -0.2) is 37.4 Å². The quantitative estimate of drug-likeness (QED) is 0.693. The number of phenolic OH excluding ortho intramolecular Hbond substituents is 1. The van der Waals surface area contributed by atoms with Gasteiger partial charge in [-0.1, -0.05) is 0 Å². The molecule has 0 spiro atoms. The van der Waals surface area contributed by atoms with Crippen LogP contribution in [0.25, 0.3) is 11.0 Å². The number of hydrogen-bond acceptors (Lipinski definition) is 6. The van der Waals surface area contributed by atoms with Gasteiger partial charge in [-0.2, -0.15) is 0 Å². The van der Waals surface area contributed by atoms with Crippen LogP contribution in [-0.2, 0) is 4.74 Å². The molecule has 0 saturated carbocycles. The van der Waals surface area contributed by atoms with Crippen LogP contribution < -0.4 is 15.6 Å². The molecular weight excluding hydrogens is 372 g/mol. The summed E-state index contributed by atoms with van der Waals surface area (Å²) in [6, 6.07) is 13.6. The molecule has 1 aliphatic heterocycles. The average Bonchev–Trinajstić information content (AvgIpc) is 3.26. The molecule has 7 heteroatoms. The summed E-state index contributed by atoms with van der Waals surface area (Å²) in [6.07, 6.45) is 1.98. The van der Waals surface area contributed by atoms with Crippen molar-refractivity contribution in [1.29, 1.82) is 0 Å². The number of ether oxygens (including phenoxy) is 2. The van der Waals surface area contributed by atoms with Crippen LogP contribution >= 0.6 is 0 Å². The lowest BCUT2D eigenvalue weighted by Gasteiger charge is -2.11. The van der Waals surface area contributed by atoms with Crippen molar-refractivity contribution in [2.75, 3.05) is 20.3 Å². The first kappa shape index (κ1) is 19.0. The molecular formula is C22H22N2O5. The van der Waals surface area contributed by atoms with Gasteiger partial charge in [0.1, 0.15) is 22.6 Å². The molecule has 1 atom stereocenters. The van der Waals surface area contributed by atoms with E-state index in [0.29, 0.717) is 34.5 Å². The summed E-state index contributed by atoms with van der Waals surface area (Å²) >= 11 is 0. The van der Waals surface area contributed by atoms with Gasteiger partial charge in [-0.05, 0) is 55.3 Å². The number of carbonyl (C=O) groups is 1. The third kappa shape index (κ3) is 4.41. The number of phenols is 1. The third-order valence-corrected chi connectivity index (χ3v) is 4.80. The van der Waals surface area contributed by atoms with E-state index in [9.17, 15) is 9.90 Å². The molecule has 0 aliphatic carbocycles. The van der Waals surface area contributed by atoms with Crippen molar-refractivity contribution in [1.82, 2.24) is 5.32 Å². The number of nitrogens with zero attached hydrogens (tertiary/aromatic N) is 1. The second-order valence-electron chi connectivity index (χ2n) is 6.84. The van der Waals surface area contributed by atoms with E-state index < -0.39 is 0 Å². The predicted molar refractivity (Wildman–Crippen MR) is 107 cm³/mol. The first-order valence-corrected chi connectivity index (χ1v) is 9.48. The minimum Gasteiger partial charge on any atom is -0.508 e. The van der Waals surface area contributed by atoms with Crippen molar-refractivity contribution < 1.29 is 23.8 Å². The van der Waals surface area contributed by atoms with Crippen LogP contribution in [0.3, 0.4) is 0 Å². The molecule has 7 nitrogen and oxygen atoms in total. The maximum absolute atomic E-state index is 12.9. The van der Waals surface area contributed by atoms with Crippen molar-refractivity contribution in [2.24, 2.45) is 4.99 Å². The van der Waals surface area contributed by atoms with E-state index in [-0.39, 0.29) is 23.3 Å². The largest absolute Gasteiger partial charge is 0.508 e. The zero-order valence-corrected chi connectivity index (χ0v) is 16.1. The molecule has 29 heavy (non-hydrogen) atoms. The number of carbonyl (C=O) groups excluding carboxylic acids is 1. The van der Waals surface area contributed by atoms with Gasteiger partial charge in [0.15, 0.2) is 0 Å². The second kappa shape index (κ2) is 8.36. The fourth-order valence-electron chi connectivity index (χ4n) is 3.23. The zero-order valence-electron chi connectivity index (χ0n) is 16.1. The monoisotopic (exact) mass is 394 g/mol. The number of hydrogen-bond donors (Lipinski definition) is 2. The standard InChI is InChI=1S/C22H22N2O5/c1-27-17-8-5-15(6-9-17)24-22-19(21(26)23-13-18-3-2-10-28-18)11-14-4-7-16(25)12-20(14)29-22/h4-9,11-12,18,25H,2-3,10,13H2,1H3,(H,23,26). The highest BCUT2D eigenvalue weighted by Crippen LogP contribution is 2.21. The molecule has 1 saturated heterocycles. The summed E-state index contributed by atoms with van der Waals surface area (Å²) in [6.45, 7) is 1.17. The van der Waals surface area contributed by atoms with Gasteiger partial charge in [0, 0.05) is 24.6 Å². The molecule has 1 unspecified atom stereocenters. The van der Waals surface area contributed by atoms with Crippen molar-refractivity contribution in [3.05, 3.63) is 59.6 Å². The molecule has 4 rings (SSSR count). The average molecular weight is 394 g/mol. The number of methoxy groups -OCH3 is 1. The Bertz CT molecular complexity index is 1080. The summed E-state index contributed by atoms with van der Waals surface area (Å²) in [7, 11) is 1.59. The molecule has 1 fully saturated rings. The van der Waals surface area contributed by atoms with Gasteiger partial charge in [0.2, 0.25) is 5.55 Å². The Morgan fingerprint density at radius 3 is 2.79 bits per heavy atom. The van der Waals surface area contributed by atoms with Crippen LogP contribution in [0.5, 0.6) is 11.5 Å². The summed E-state index contributed by atoms with van der Waals surface area (Å²) in [5, 5.41) is 13.4. The minimum absolute atomic E-state index is 0.0373. The van der Waals surface area contributed by atoms with E-state index in [4.69, 9.17) is 13.9 Å². The van der Waals surface area contributed by atoms with E-state index in [1.165, 1.54) is 6.07 Å². The number of amides is 1. The lowest BCUT2D eigenvalue weighted by molar-refractivity contribution is 0.0854. The number of fused-ring (bicyclic) bond motifs is 1. The van der Waals surface area contributed by atoms with E-state index in [0.717, 1.165) is 19.4 Å². The molecule has 2 aromatic carbocycles.